The average Bonchev–Trinajstić information content (AvgIpc) is 3.14. The van der Waals surface area contributed by atoms with Crippen molar-refractivity contribution >= 4 is 0 Å². The van der Waals surface area contributed by atoms with Gasteiger partial charge in [0.25, 0.3) is 0 Å². The van der Waals surface area contributed by atoms with Crippen LogP contribution in [0.25, 0.3) is 11.4 Å². The Hall–Kier alpha value is -1.61. The Morgan fingerprint density at radius 3 is 3.05 bits per heavy atom. The minimum absolute atomic E-state index is 0.479. The van der Waals surface area contributed by atoms with Crippen LogP contribution in [0.4, 0.5) is 0 Å². The summed E-state index contributed by atoms with van der Waals surface area (Å²) in [6.45, 7) is 3.16. The molecular formula is C17H20N2O. The maximum Gasteiger partial charge on any atom is 0.139 e. The smallest absolute Gasteiger partial charge is 0.139 e. The first-order valence-electron chi connectivity index (χ1n) is 7.53. The minimum atomic E-state index is 0.479. The Labute approximate surface area is 119 Å². The Bertz CT molecular complexity index is 619. The van der Waals surface area contributed by atoms with E-state index in [0.717, 1.165) is 12.4 Å². The number of nitrogens with zero attached hydrogens (tertiary/aromatic N) is 2. The standard InChI is InChI=1S/C17H20N2O/c1-12-3-2-4-13(9-12)17-18-7-8-19(17)11-14-10-15-5-6-16(14)20-15/h2-4,7-9,14-16H,5-6,10-11H2,1H3/t14-,15-,16+/m0/s1. The molecular weight excluding hydrogens is 248 g/mol. The topological polar surface area (TPSA) is 27.1 Å². The predicted molar refractivity (Wildman–Crippen MR) is 78.4 cm³/mol. The molecule has 20 heavy (non-hydrogen) atoms. The van der Waals surface area contributed by atoms with E-state index in [1.54, 1.807) is 0 Å². The second-order valence-corrected chi connectivity index (χ2v) is 6.14. The van der Waals surface area contributed by atoms with Gasteiger partial charge in [0.2, 0.25) is 0 Å². The molecule has 0 saturated carbocycles. The molecule has 1 aromatic heterocycles. The number of ether oxygens (including phenoxy) is 1. The van der Waals surface area contributed by atoms with Crippen LogP contribution in [0.1, 0.15) is 24.8 Å². The van der Waals surface area contributed by atoms with Crippen LogP contribution in [0.15, 0.2) is 36.7 Å². The van der Waals surface area contributed by atoms with Gasteiger partial charge in [0.05, 0.1) is 12.2 Å². The van der Waals surface area contributed by atoms with E-state index in [1.807, 2.05) is 6.20 Å². The van der Waals surface area contributed by atoms with E-state index in [9.17, 15) is 0 Å². The van der Waals surface area contributed by atoms with Crippen molar-refractivity contribution in [1.29, 1.82) is 0 Å². The molecule has 0 unspecified atom stereocenters. The van der Waals surface area contributed by atoms with Crippen molar-refractivity contribution in [2.24, 2.45) is 5.92 Å². The van der Waals surface area contributed by atoms with E-state index < -0.39 is 0 Å². The van der Waals surface area contributed by atoms with Crippen molar-refractivity contribution in [3.63, 3.8) is 0 Å². The van der Waals surface area contributed by atoms with E-state index in [1.165, 1.54) is 30.4 Å². The lowest BCUT2D eigenvalue weighted by Gasteiger charge is -2.20. The van der Waals surface area contributed by atoms with Crippen molar-refractivity contribution in [1.82, 2.24) is 9.55 Å². The Morgan fingerprint density at radius 2 is 2.30 bits per heavy atom. The summed E-state index contributed by atoms with van der Waals surface area (Å²) in [6, 6.07) is 8.57. The summed E-state index contributed by atoms with van der Waals surface area (Å²) in [5.74, 6) is 1.74. The van der Waals surface area contributed by atoms with Crippen LogP contribution in [0.3, 0.4) is 0 Å². The Morgan fingerprint density at radius 1 is 1.35 bits per heavy atom. The number of fused-ring (bicyclic) bond motifs is 2. The molecule has 0 aliphatic carbocycles. The number of hydrogen-bond acceptors (Lipinski definition) is 2. The first-order chi connectivity index (χ1) is 9.79. The summed E-state index contributed by atoms with van der Waals surface area (Å²) in [5, 5.41) is 0. The first kappa shape index (κ1) is 12.2. The molecule has 3 heterocycles. The van der Waals surface area contributed by atoms with E-state index >= 15 is 0 Å². The highest BCUT2D eigenvalue weighted by Gasteiger charge is 2.40. The summed E-state index contributed by atoms with van der Waals surface area (Å²) >= 11 is 0. The third-order valence-corrected chi connectivity index (χ3v) is 4.65. The Balaban J connectivity index is 1.59. The van der Waals surface area contributed by atoms with E-state index in [4.69, 9.17) is 4.74 Å². The van der Waals surface area contributed by atoms with Gasteiger partial charge >= 0.3 is 0 Å². The molecule has 3 heteroatoms. The second kappa shape index (κ2) is 4.74. The zero-order chi connectivity index (χ0) is 13.5. The highest BCUT2D eigenvalue weighted by Crippen LogP contribution is 2.39. The SMILES string of the molecule is Cc1cccc(-c2nccn2C[C@@H]2C[C@@H]3CC[C@H]2O3)c1. The largest absolute Gasteiger partial charge is 0.375 e. The van der Waals surface area contributed by atoms with Crippen LogP contribution in [-0.4, -0.2) is 21.8 Å². The van der Waals surface area contributed by atoms with Gasteiger partial charge in [0, 0.05) is 30.4 Å². The van der Waals surface area contributed by atoms with Gasteiger partial charge in [-0.1, -0.05) is 23.8 Å². The van der Waals surface area contributed by atoms with Crippen molar-refractivity contribution in [3.05, 3.63) is 42.2 Å². The lowest BCUT2D eigenvalue weighted by molar-refractivity contribution is 0.0900. The number of hydrogen-bond donors (Lipinski definition) is 0. The third-order valence-electron chi connectivity index (χ3n) is 4.65. The van der Waals surface area contributed by atoms with Crippen molar-refractivity contribution in [2.75, 3.05) is 0 Å². The fourth-order valence-corrected chi connectivity index (χ4v) is 3.69. The second-order valence-electron chi connectivity index (χ2n) is 6.14. The van der Waals surface area contributed by atoms with Crippen LogP contribution in [0, 0.1) is 12.8 Å². The molecule has 2 fully saturated rings. The zero-order valence-corrected chi connectivity index (χ0v) is 11.8. The van der Waals surface area contributed by atoms with Crippen molar-refractivity contribution < 1.29 is 4.74 Å². The zero-order valence-electron chi connectivity index (χ0n) is 11.8. The number of benzene rings is 1. The highest BCUT2D eigenvalue weighted by molar-refractivity contribution is 5.56. The molecule has 2 aromatic rings. The number of aromatic nitrogens is 2. The van der Waals surface area contributed by atoms with Crippen LogP contribution >= 0.6 is 0 Å². The predicted octanol–water partition coefficient (Wildman–Crippen LogP) is 3.43. The molecule has 2 bridgehead atoms. The number of aryl methyl sites for hydroxylation is 1. The molecule has 0 N–H and O–H groups in total. The fourth-order valence-electron chi connectivity index (χ4n) is 3.69. The lowest BCUT2D eigenvalue weighted by Crippen LogP contribution is -2.21. The maximum absolute atomic E-state index is 5.96. The molecule has 0 radical (unpaired) electrons. The normalized spacial score (nSPS) is 28.1. The number of imidazole rings is 1. The van der Waals surface area contributed by atoms with Crippen LogP contribution in [0.2, 0.25) is 0 Å². The van der Waals surface area contributed by atoms with Gasteiger partial charge in [0.15, 0.2) is 0 Å². The van der Waals surface area contributed by atoms with Crippen molar-refractivity contribution in [2.45, 2.75) is 44.9 Å². The van der Waals surface area contributed by atoms with E-state index in [2.05, 4.69) is 46.9 Å². The molecule has 2 saturated heterocycles. The molecule has 1 aromatic carbocycles. The first-order valence-corrected chi connectivity index (χ1v) is 7.53. The molecule has 3 atom stereocenters. The van der Waals surface area contributed by atoms with Crippen molar-refractivity contribution in [3.8, 4) is 11.4 Å². The third kappa shape index (κ3) is 2.06. The van der Waals surface area contributed by atoms with Gasteiger partial charge in [0.1, 0.15) is 5.82 Å². The molecule has 0 spiro atoms. The van der Waals surface area contributed by atoms with Gasteiger partial charge in [-0.25, -0.2) is 4.98 Å². The molecule has 4 rings (SSSR count). The summed E-state index contributed by atoms with van der Waals surface area (Å²) in [7, 11) is 0. The van der Waals surface area contributed by atoms with E-state index in [0.29, 0.717) is 18.1 Å². The van der Waals surface area contributed by atoms with Crippen LogP contribution in [0.5, 0.6) is 0 Å². The van der Waals surface area contributed by atoms with Crippen LogP contribution < -0.4 is 0 Å². The molecule has 104 valence electrons. The lowest BCUT2D eigenvalue weighted by atomic mass is 9.89. The average molecular weight is 268 g/mol. The highest BCUT2D eigenvalue weighted by atomic mass is 16.5. The molecule has 0 amide bonds. The Kier molecular flexibility index (Phi) is 2.88. The quantitative estimate of drug-likeness (QED) is 0.852. The van der Waals surface area contributed by atoms with Gasteiger partial charge in [-0.3, -0.25) is 0 Å². The summed E-state index contributed by atoms with van der Waals surface area (Å²) in [5.41, 5.74) is 2.49. The fraction of sp³-hybridized carbons (Fsp3) is 0.471. The summed E-state index contributed by atoms with van der Waals surface area (Å²) in [4.78, 5) is 4.55. The van der Waals surface area contributed by atoms with Gasteiger partial charge in [-0.15, -0.1) is 0 Å². The molecule has 2 aliphatic heterocycles. The van der Waals surface area contributed by atoms with Gasteiger partial charge < -0.3 is 9.30 Å². The minimum Gasteiger partial charge on any atom is -0.375 e. The summed E-state index contributed by atoms with van der Waals surface area (Å²) < 4.78 is 8.26. The maximum atomic E-state index is 5.96. The summed E-state index contributed by atoms with van der Waals surface area (Å²) in [6.07, 6.45) is 8.73. The molecule has 2 aliphatic rings. The van der Waals surface area contributed by atoms with Gasteiger partial charge in [-0.05, 0) is 32.3 Å². The van der Waals surface area contributed by atoms with Gasteiger partial charge in [-0.2, -0.15) is 0 Å². The van der Waals surface area contributed by atoms with E-state index in [-0.39, 0.29) is 0 Å². The number of rotatable bonds is 3. The molecule has 3 nitrogen and oxygen atoms in total. The monoisotopic (exact) mass is 268 g/mol. The van der Waals surface area contributed by atoms with Crippen LogP contribution in [-0.2, 0) is 11.3 Å².